The predicted octanol–water partition coefficient (Wildman–Crippen LogP) is 7.47. The Hall–Kier alpha value is -5.05. The standard InChI is InChI=1S/C37H41N7O2/c1-24-8-14-30(15-9-24)44-33(23-32(42-44)37(3,4)5)41-36(46)40-29-12-10-26(11-13-29)21-27-16-19-43(20-17-27)35(45)31-22-28-7-6-18-38-34(28)39-25(31)2/h6-15,18,22-23,27H,16-17,19-21H2,1-5H3,(H2,40,41,46). The molecular formula is C37H41N7O2. The van der Waals surface area contributed by atoms with Gasteiger partial charge in [-0.3, -0.25) is 10.1 Å². The Morgan fingerprint density at radius 1 is 0.913 bits per heavy atom. The number of amides is 3. The Kier molecular flexibility index (Phi) is 8.58. The Morgan fingerprint density at radius 2 is 1.63 bits per heavy atom. The number of likely N-dealkylation sites (tertiary alicyclic amines) is 1. The van der Waals surface area contributed by atoms with Crippen LogP contribution in [0.25, 0.3) is 16.7 Å². The zero-order valence-corrected chi connectivity index (χ0v) is 27.2. The van der Waals surface area contributed by atoms with Crippen molar-refractivity contribution in [3.05, 3.63) is 107 Å². The van der Waals surface area contributed by atoms with E-state index in [4.69, 9.17) is 5.10 Å². The van der Waals surface area contributed by atoms with E-state index in [2.05, 4.69) is 53.5 Å². The third-order valence-corrected chi connectivity index (χ3v) is 8.65. The first-order valence-corrected chi connectivity index (χ1v) is 15.9. The highest BCUT2D eigenvalue weighted by molar-refractivity contribution is 5.99. The van der Waals surface area contributed by atoms with E-state index in [9.17, 15) is 9.59 Å². The molecular weight excluding hydrogens is 574 g/mol. The van der Waals surface area contributed by atoms with Crippen molar-refractivity contribution in [1.82, 2.24) is 24.6 Å². The van der Waals surface area contributed by atoms with Crippen molar-refractivity contribution in [2.24, 2.45) is 5.92 Å². The van der Waals surface area contributed by atoms with Crippen molar-refractivity contribution in [2.75, 3.05) is 23.7 Å². The molecule has 0 radical (unpaired) electrons. The molecule has 9 heteroatoms. The van der Waals surface area contributed by atoms with Gasteiger partial charge in [0.05, 0.1) is 22.6 Å². The maximum Gasteiger partial charge on any atom is 0.324 e. The van der Waals surface area contributed by atoms with Crippen molar-refractivity contribution in [1.29, 1.82) is 0 Å². The summed E-state index contributed by atoms with van der Waals surface area (Å²) >= 11 is 0. The van der Waals surface area contributed by atoms with Crippen LogP contribution in [0, 0.1) is 19.8 Å². The highest BCUT2D eigenvalue weighted by Crippen LogP contribution is 2.28. The lowest BCUT2D eigenvalue weighted by molar-refractivity contribution is 0.0689. The molecule has 5 aromatic rings. The molecule has 0 atom stereocenters. The van der Waals surface area contributed by atoms with Gasteiger partial charge < -0.3 is 10.2 Å². The quantitative estimate of drug-likeness (QED) is 0.206. The first kappa shape index (κ1) is 31.0. The number of aromatic nitrogens is 4. The summed E-state index contributed by atoms with van der Waals surface area (Å²) in [7, 11) is 0. The van der Waals surface area contributed by atoms with Crippen molar-refractivity contribution in [3.8, 4) is 5.69 Å². The predicted molar refractivity (Wildman–Crippen MR) is 183 cm³/mol. The second-order valence-electron chi connectivity index (χ2n) is 13.3. The second-order valence-corrected chi connectivity index (χ2v) is 13.3. The summed E-state index contributed by atoms with van der Waals surface area (Å²) in [4.78, 5) is 37.2. The van der Waals surface area contributed by atoms with Crippen LogP contribution >= 0.6 is 0 Å². The van der Waals surface area contributed by atoms with Crippen LogP contribution in [0.5, 0.6) is 0 Å². The minimum absolute atomic E-state index is 0.0412. The number of rotatable bonds is 6. The molecule has 9 nitrogen and oxygen atoms in total. The molecule has 0 bridgehead atoms. The maximum atomic E-state index is 13.3. The molecule has 0 aliphatic carbocycles. The summed E-state index contributed by atoms with van der Waals surface area (Å²) in [5.74, 6) is 1.14. The first-order valence-electron chi connectivity index (χ1n) is 15.9. The molecule has 1 aliphatic rings. The number of hydrogen-bond acceptors (Lipinski definition) is 5. The number of urea groups is 1. The number of carbonyl (C=O) groups excluding carboxylic acids is 2. The van der Waals surface area contributed by atoms with Gasteiger partial charge in [0.25, 0.3) is 5.91 Å². The number of anilines is 2. The van der Waals surface area contributed by atoms with Crippen LogP contribution in [-0.4, -0.2) is 49.7 Å². The Morgan fingerprint density at radius 3 is 2.33 bits per heavy atom. The molecule has 46 heavy (non-hydrogen) atoms. The lowest BCUT2D eigenvalue weighted by Crippen LogP contribution is -2.39. The molecule has 3 amide bonds. The first-order chi connectivity index (χ1) is 22.0. The summed E-state index contributed by atoms with van der Waals surface area (Å²) in [6, 6.07) is 23.4. The molecule has 3 aromatic heterocycles. The number of benzene rings is 2. The van der Waals surface area contributed by atoms with Gasteiger partial charge in [-0.05, 0) is 87.1 Å². The van der Waals surface area contributed by atoms with Crippen LogP contribution in [0.2, 0.25) is 0 Å². The Bertz CT molecular complexity index is 1860. The van der Waals surface area contributed by atoms with Gasteiger partial charge in [-0.25, -0.2) is 19.4 Å². The topological polar surface area (TPSA) is 105 Å². The molecule has 0 saturated carbocycles. The molecule has 4 heterocycles. The molecule has 1 aliphatic heterocycles. The average Bonchev–Trinajstić information content (AvgIpc) is 3.46. The molecule has 1 saturated heterocycles. The minimum Gasteiger partial charge on any atom is -0.339 e. The van der Waals surface area contributed by atoms with Gasteiger partial charge in [-0.2, -0.15) is 5.10 Å². The zero-order chi connectivity index (χ0) is 32.4. The number of aryl methyl sites for hydroxylation is 2. The number of fused-ring (bicyclic) bond motifs is 1. The van der Waals surface area contributed by atoms with Crippen LogP contribution in [0.4, 0.5) is 16.3 Å². The average molecular weight is 616 g/mol. The molecule has 2 N–H and O–H groups in total. The SMILES string of the molecule is Cc1ccc(-n2nc(C(C)(C)C)cc2NC(=O)Nc2ccc(CC3CCN(C(=O)c4cc5cccnc5nc4C)CC3)cc2)cc1. The van der Waals surface area contributed by atoms with Gasteiger partial charge in [0.1, 0.15) is 5.82 Å². The lowest BCUT2D eigenvalue weighted by Gasteiger charge is -2.32. The fraction of sp³-hybridized carbons (Fsp3) is 0.324. The van der Waals surface area contributed by atoms with Gasteiger partial charge in [-0.15, -0.1) is 0 Å². The Balaban J connectivity index is 1.04. The normalized spacial score (nSPS) is 14.0. The van der Waals surface area contributed by atoms with Crippen molar-refractivity contribution >= 4 is 34.5 Å². The fourth-order valence-corrected chi connectivity index (χ4v) is 5.88. The van der Waals surface area contributed by atoms with E-state index in [1.54, 1.807) is 10.9 Å². The van der Waals surface area contributed by atoms with Gasteiger partial charge >= 0.3 is 6.03 Å². The van der Waals surface area contributed by atoms with Crippen LogP contribution in [0.3, 0.4) is 0 Å². The highest BCUT2D eigenvalue weighted by Gasteiger charge is 2.26. The number of hydrogen-bond donors (Lipinski definition) is 2. The molecule has 2 aromatic carbocycles. The molecule has 1 fully saturated rings. The van der Waals surface area contributed by atoms with E-state index in [1.807, 2.05) is 79.4 Å². The van der Waals surface area contributed by atoms with E-state index in [-0.39, 0.29) is 17.4 Å². The van der Waals surface area contributed by atoms with E-state index in [1.165, 1.54) is 5.56 Å². The molecule has 6 rings (SSSR count). The minimum atomic E-state index is -0.327. The van der Waals surface area contributed by atoms with Crippen molar-refractivity contribution in [3.63, 3.8) is 0 Å². The second kappa shape index (κ2) is 12.7. The molecule has 0 spiro atoms. The lowest BCUT2D eigenvalue weighted by atomic mass is 9.90. The maximum absolute atomic E-state index is 13.3. The van der Waals surface area contributed by atoms with Crippen LogP contribution < -0.4 is 10.6 Å². The monoisotopic (exact) mass is 615 g/mol. The van der Waals surface area contributed by atoms with Crippen molar-refractivity contribution < 1.29 is 9.59 Å². The summed E-state index contributed by atoms with van der Waals surface area (Å²) in [6.45, 7) is 11.7. The molecule has 0 unspecified atom stereocenters. The van der Waals surface area contributed by atoms with E-state index >= 15 is 0 Å². The highest BCUT2D eigenvalue weighted by atomic mass is 16.2. The van der Waals surface area contributed by atoms with Gasteiger partial charge in [-0.1, -0.05) is 50.6 Å². The van der Waals surface area contributed by atoms with Gasteiger partial charge in [0, 0.05) is 41.8 Å². The third kappa shape index (κ3) is 6.93. The van der Waals surface area contributed by atoms with Crippen LogP contribution in [0.1, 0.15) is 66.5 Å². The fourth-order valence-electron chi connectivity index (χ4n) is 5.88. The number of nitrogens with zero attached hydrogens (tertiary/aromatic N) is 5. The summed E-state index contributed by atoms with van der Waals surface area (Å²) < 4.78 is 1.78. The van der Waals surface area contributed by atoms with Crippen molar-refractivity contribution in [2.45, 2.75) is 59.3 Å². The largest absolute Gasteiger partial charge is 0.339 e. The number of carbonyl (C=O) groups is 2. The van der Waals surface area contributed by atoms with E-state index < -0.39 is 0 Å². The zero-order valence-electron chi connectivity index (χ0n) is 27.2. The van der Waals surface area contributed by atoms with Gasteiger partial charge in [0.2, 0.25) is 0 Å². The Labute approximate surface area is 270 Å². The third-order valence-electron chi connectivity index (χ3n) is 8.65. The number of piperidine rings is 1. The van der Waals surface area contributed by atoms with Gasteiger partial charge in [0.15, 0.2) is 5.65 Å². The summed E-state index contributed by atoms with van der Waals surface area (Å²) in [5, 5.41) is 11.6. The molecule has 236 valence electrons. The van der Waals surface area contributed by atoms with Crippen LogP contribution in [0.15, 0.2) is 79.0 Å². The van der Waals surface area contributed by atoms with Crippen LogP contribution in [-0.2, 0) is 11.8 Å². The number of pyridine rings is 2. The number of nitrogens with one attached hydrogen (secondary N) is 2. The van der Waals surface area contributed by atoms with E-state index in [0.717, 1.165) is 54.7 Å². The summed E-state index contributed by atoms with van der Waals surface area (Å²) in [6.07, 6.45) is 4.54. The summed E-state index contributed by atoms with van der Waals surface area (Å²) in [5.41, 5.74) is 6.72. The van der Waals surface area contributed by atoms with E-state index in [0.29, 0.717) is 34.3 Å². The smallest absolute Gasteiger partial charge is 0.324 e.